The summed E-state index contributed by atoms with van der Waals surface area (Å²) >= 11 is 5.91. The Bertz CT molecular complexity index is 847. The van der Waals surface area contributed by atoms with E-state index in [1.807, 2.05) is 0 Å². The molecule has 0 saturated carbocycles. The average Bonchev–Trinajstić information content (AvgIpc) is 2.86. The van der Waals surface area contributed by atoms with Gasteiger partial charge in [-0.3, -0.25) is 19.4 Å². The lowest BCUT2D eigenvalue weighted by molar-refractivity contribution is -0.132. The SMILES string of the molecule is NCCCC[C@H](NC(=O)Cc1ccc(Cl)cc1)C(=O)N[C@@H](CCCCN)C(=O)NCCCCN=C(N)N. The third kappa shape index (κ3) is 15.1. The summed E-state index contributed by atoms with van der Waals surface area (Å²) in [6.45, 7) is 1.89. The van der Waals surface area contributed by atoms with Crippen LogP contribution in [0.1, 0.15) is 56.9 Å². The Morgan fingerprint density at radius 3 is 1.97 bits per heavy atom. The highest BCUT2D eigenvalue weighted by Gasteiger charge is 2.26. The summed E-state index contributed by atoms with van der Waals surface area (Å²) in [5.41, 5.74) is 22.6. The second kappa shape index (κ2) is 19.3. The molecule has 0 aliphatic heterocycles. The van der Waals surface area contributed by atoms with E-state index in [0.29, 0.717) is 69.7 Å². The lowest BCUT2D eigenvalue weighted by Crippen LogP contribution is -2.54. The molecule has 0 aromatic heterocycles. The van der Waals surface area contributed by atoms with Crippen molar-refractivity contribution in [3.05, 3.63) is 34.9 Å². The van der Waals surface area contributed by atoms with Gasteiger partial charge in [-0.15, -0.1) is 0 Å². The summed E-state index contributed by atoms with van der Waals surface area (Å²) in [5, 5.41) is 9.09. The van der Waals surface area contributed by atoms with Crippen LogP contribution in [-0.2, 0) is 20.8 Å². The smallest absolute Gasteiger partial charge is 0.243 e. The molecule has 2 atom stereocenters. The van der Waals surface area contributed by atoms with E-state index in [-0.39, 0.29) is 24.2 Å². The van der Waals surface area contributed by atoms with Crippen LogP contribution in [0.3, 0.4) is 0 Å². The number of nitrogens with one attached hydrogen (secondary N) is 3. The molecule has 3 amide bonds. The minimum atomic E-state index is -0.782. The molecule has 0 aliphatic carbocycles. The highest BCUT2D eigenvalue weighted by molar-refractivity contribution is 6.30. The number of carbonyl (C=O) groups excluding carboxylic acids is 3. The van der Waals surface area contributed by atoms with E-state index in [0.717, 1.165) is 18.4 Å². The monoisotopic (exact) mass is 538 g/mol. The fraction of sp³-hybridized carbons (Fsp3) is 0.600. The number of hydrogen-bond acceptors (Lipinski definition) is 6. The van der Waals surface area contributed by atoms with E-state index in [4.69, 9.17) is 34.5 Å². The van der Waals surface area contributed by atoms with Crippen molar-refractivity contribution in [2.75, 3.05) is 26.2 Å². The third-order valence-electron chi connectivity index (χ3n) is 5.63. The molecule has 0 aliphatic rings. The van der Waals surface area contributed by atoms with Crippen molar-refractivity contribution in [1.29, 1.82) is 0 Å². The highest BCUT2D eigenvalue weighted by atomic mass is 35.5. The maximum atomic E-state index is 13.2. The molecule has 0 saturated heterocycles. The van der Waals surface area contributed by atoms with E-state index in [1.54, 1.807) is 24.3 Å². The first-order valence-electron chi connectivity index (χ1n) is 12.8. The number of unbranched alkanes of at least 4 members (excludes halogenated alkanes) is 3. The summed E-state index contributed by atoms with van der Waals surface area (Å²) in [4.78, 5) is 42.6. The number of hydrogen-bond donors (Lipinski definition) is 7. The number of aliphatic imine (C=N–C) groups is 1. The fourth-order valence-electron chi connectivity index (χ4n) is 3.61. The zero-order valence-corrected chi connectivity index (χ0v) is 22.3. The molecule has 1 aromatic rings. The summed E-state index contributed by atoms with van der Waals surface area (Å²) in [6.07, 6.45) is 5.16. The van der Waals surface area contributed by atoms with Crippen LogP contribution in [0.4, 0.5) is 0 Å². The Hall–Kier alpha value is -2.89. The van der Waals surface area contributed by atoms with E-state index in [2.05, 4.69) is 20.9 Å². The first-order valence-corrected chi connectivity index (χ1v) is 13.2. The van der Waals surface area contributed by atoms with Gasteiger partial charge in [0, 0.05) is 18.1 Å². The Labute approximate surface area is 224 Å². The minimum Gasteiger partial charge on any atom is -0.370 e. The molecule has 0 radical (unpaired) electrons. The molecule has 0 spiro atoms. The summed E-state index contributed by atoms with van der Waals surface area (Å²) < 4.78 is 0. The average molecular weight is 539 g/mol. The summed E-state index contributed by atoms with van der Waals surface area (Å²) in [7, 11) is 0. The van der Waals surface area contributed by atoms with Crippen LogP contribution in [0.2, 0.25) is 5.02 Å². The lowest BCUT2D eigenvalue weighted by Gasteiger charge is -2.23. The standard InChI is InChI=1S/C25H43ClN8O3/c26-19-11-9-18(10-12-19)17-22(35)33-21(8-2-4-14-28)24(37)34-20(7-1-3-13-27)23(36)31-15-5-6-16-32-25(29)30/h9-12,20-21H,1-8,13-17,27-28H2,(H,31,36)(H,33,35)(H,34,37)(H4,29,30,32)/t20-,21-/m0/s1. The van der Waals surface area contributed by atoms with Gasteiger partial charge in [0.2, 0.25) is 17.7 Å². The Morgan fingerprint density at radius 1 is 0.811 bits per heavy atom. The van der Waals surface area contributed by atoms with Gasteiger partial charge in [-0.25, -0.2) is 0 Å². The van der Waals surface area contributed by atoms with Crippen molar-refractivity contribution in [1.82, 2.24) is 16.0 Å². The number of nitrogens with two attached hydrogens (primary N) is 4. The van der Waals surface area contributed by atoms with Gasteiger partial charge in [0.05, 0.1) is 6.42 Å². The topological polar surface area (TPSA) is 204 Å². The normalized spacial score (nSPS) is 12.3. The predicted octanol–water partition coefficient (Wildman–Crippen LogP) is 0.280. The molecule has 208 valence electrons. The number of guanidine groups is 1. The molecule has 1 aromatic carbocycles. The summed E-state index contributed by atoms with van der Waals surface area (Å²) in [6, 6.07) is 5.43. The number of rotatable bonds is 19. The fourth-order valence-corrected chi connectivity index (χ4v) is 3.73. The lowest BCUT2D eigenvalue weighted by atomic mass is 10.0. The zero-order valence-electron chi connectivity index (χ0n) is 21.5. The van der Waals surface area contributed by atoms with Crippen LogP contribution >= 0.6 is 11.6 Å². The number of carbonyl (C=O) groups is 3. The van der Waals surface area contributed by atoms with Gasteiger partial charge >= 0.3 is 0 Å². The zero-order chi connectivity index (χ0) is 27.5. The van der Waals surface area contributed by atoms with Gasteiger partial charge in [0.1, 0.15) is 12.1 Å². The van der Waals surface area contributed by atoms with E-state index in [9.17, 15) is 14.4 Å². The minimum absolute atomic E-state index is 0.0352. The molecule has 1 rings (SSSR count). The molecule has 0 fully saturated rings. The maximum absolute atomic E-state index is 13.2. The Kier molecular flexibility index (Phi) is 16.7. The van der Waals surface area contributed by atoms with E-state index >= 15 is 0 Å². The second-order valence-corrected chi connectivity index (χ2v) is 9.29. The Morgan fingerprint density at radius 2 is 1.41 bits per heavy atom. The van der Waals surface area contributed by atoms with Gasteiger partial charge in [-0.2, -0.15) is 0 Å². The van der Waals surface area contributed by atoms with Gasteiger partial charge in [-0.1, -0.05) is 23.7 Å². The van der Waals surface area contributed by atoms with Crippen molar-refractivity contribution in [2.24, 2.45) is 27.9 Å². The van der Waals surface area contributed by atoms with Crippen LogP contribution in [0.5, 0.6) is 0 Å². The van der Waals surface area contributed by atoms with Crippen molar-refractivity contribution in [3.63, 3.8) is 0 Å². The van der Waals surface area contributed by atoms with Crippen molar-refractivity contribution in [3.8, 4) is 0 Å². The number of amides is 3. The third-order valence-corrected chi connectivity index (χ3v) is 5.89. The molecule has 37 heavy (non-hydrogen) atoms. The molecule has 0 unspecified atom stereocenters. The first kappa shape index (κ1) is 32.1. The molecular formula is C25H43ClN8O3. The van der Waals surface area contributed by atoms with Crippen molar-refractivity contribution < 1.29 is 14.4 Å². The first-order chi connectivity index (χ1) is 17.8. The van der Waals surface area contributed by atoms with Crippen molar-refractivity contribution >= 4 is 35.3 Å². The van der Waals surface area contributed by atoms with Crippen molar-refractivity contribution in [2.45, 2.75) is 69.9 Å². The van der Waals surface area contributed by atoms with Gasteiger partial charge in [-0.05, 0) is 82.2 Å². The van der Waals surface area contributed by atoms with Gasteiger partial charge in [0.15, 0.2) is 5.96 Å². The van der Waals surface area contributed by atoms with Gasteiger partial charge < -0.3 is 38.9 Å². The Balaban J connectivity index is 2.76. The summed E-state index contributed by atoms with van der Waals surface area (Å²) in [5.74, 6) is -0.935. The molecule has 0 heterocycles. The molecule has 11 nitrogen and oxygen atoms in total. The molecule has 11 N–H and O–H groups in total. The quantitative estimate of drug-likeness (QED) is 0.0743. The van der Waals surface area contributed by atoms with E-state index < -0.39 is 18.0 Å². The van der Waals surface area contributed by atoms with Crippen LogP contribution in [0, 0.1) is 0 Å². The second-order valence-electron chi connectivity index (χ2n) is 8.86. The number of benzene rings is 1. The number of nitrogens with zero attached hydrogens (tertiary/aromatic N) is 1. The van der Waals surface area contributed by atoms with Crippen LogP contribution in [-0.4, -0.2) is 61.9 Å². The molecular weight excluding hydrogens is 496 g/mol. The molecule has 0 bridgehead atoms. The van der Waals surface area contributed by atoms with Crippen LogP contribution in [0.15, 0.2) is 29.3 Å². The van der Waals surface area contributed by atoms with E-state index in [1.165, 1.54) is 0 Å². The van der Waals surface area contributed by atoms with Gasteiger partial charge in [0.25, 0.3) is 0 Å². The number of halogens is 1. The predicted molar refractivity (Wildman–Crippen MR) is 148 cm³/mol. The van der Waals surface area contributed by atoms with Crippen LogP contribution < -0.4 is 38.9 Å². The largest absolute Gasteiger partial charge is 0.370 e. The molecule has 12 heteroatoms. The maximum Gasteiger partial charge on any atom is 0.243 e. The van der Waals surface area contributed by atoms with Crippen LogP contribution in [0.25, 0.3) is 0 Å². The highest BCUT2D eigenvalue weighted by Crippen LogP contribution is 2.11.